The van der Waals surface area contributed by atoms with Gasteiger partial charge in [-0.2, -0.15) is 0 Å². The van der Waals surface area contributed by atoms with Crippen molar-refractivity contribution >= 4 is 33.2 Å². The van der Waals surface area contributed by atoms with E-state index in [9.17, 15) is 4.79 Å². The molecule has 0 radical (unpaired) electrons. The molecule has 0 spiro atoms. The van der Waals surface area contributed by atoms with Crippen molar-refractivity contribution in [2.24, 2.45) is 0 Å². The molecule has 0 N–H and O–H groups in total. The molecule has 20 heavy (non-hydrogen) atoms. The highest BCUT2D eigenvalue weighted by molar-refractivity contribution is 7.18. The van der Waals surface area contributed by atoms with Gasteiger partial charge in [0.25, 0.3) is 5.56 Å². The van der Waals surface area contributed by atoms with Gasteiger partial charge in [-0.15, -0.1) is 11.3 Å². The molecule has 0 aliphatic carbocycles. The van der Waals surface area contributed by atoms with Crippen LogP contribution in [0.15, 0.2) is 41.5 Å². The zero-order valence-corrected chi connectivity index (χ0v) is 12.5. The van der Waals surface area contributed by atoms with Gasteiger partial charge >= 0.3 is 0 Å². The molecule has 2 heterocycles. The van der Waals surface area contributed by atoms with Crippen molar-refractivity contribution in [2.75, 3.05) is 0 Å². The van der Waals surface area contributed by atoms with Crippen LogP contribution in [-0.4, -0.2) is 9.55 Å². The summed E-state index contributed by atoms with van der Waals surface area (Å²) in [5.74, 6) is 0. The molecule has 5 heteroatoms. The Morgan fingerprint density at radius 2 is 2.20 bits per heavy atom. The molecule has 3 rings (SSSR count). The first-order valence-electron chi connectivity index (χ1n) is 6.39. The van der Waals surface area contributed by atoms with Gasteiger partial charge in [-0.3, -0.25) is 9.36 Å². The van der Waals surface area contributed by atoms with Gasteiger partial charge in [0.2, 0.25) is 0 Å². The van der Waals surface area contributed by atoms with Crippen molar-refractivity contribution in [3.8, 4) is 0 Å². The predicted octanol–water partition coefficient (Wildman–Crippen LogP) is 3.72. The molecule has 0 aliphatic rings. The molecule has 2 aromatic heterocycles. The average Bonchev–Trinajstić information content (AvgIpc) is 2.86. The fourth-order valence-electron chi connectivity index (χ4n) is 2.13. The molecule has 0 unspecified atom stereocenters. The van der Waals surface area contributed by atoms with Crippen LogP contribution >= 0.6 is 22.9 Å². The number of benzene rings is 1. The van der Waals surface area contributed by atoms with Crippen molar-refractivity contribution in [2.45, 2.75) is 19.9 Å². The quantitative estimate of drug-likeness (QED) is 0.739. The summed E-state index contributed by atoms with van der Waals surface area (Å²) in [4.78, 5) is 18.8. The van der Waals surface area contributed by atoms with Crippen LogP contribution in [0.2, 0.25) is 5.02 Å². The maximum Gasteiger partial charge on any atom is 0.262 e. The van der Waals surface area contributed by atoms with Crippen molar-refractivity contribution in [1.29, 1.82) is 0 Å². The third-order valence-electron chi connectivity index (χ3n) is 3.16. The number of rotatable bonds is 3. The zero-order chi connectivity index (χ0) is 14.1. The summed E-state index contributed by atoms with van der Waals surface area (Å²) in [6.07, 6.45) is 2.54. The lowest BCUT2D eigenvalue weighted by molar-refractivity contribution is 0.749. The minimum Gasteiger partial charge on any atom is -0.294 e. The first kappa shape index (κ1) is 13.3. The van der Waals surface area contributed by atoms with E-state index in [0.717, 1.165) is 16.8 Å². The molecule has 102 valence electrons. The summed E-state index contributed by atoms with van der Waals surface area (Å²) in [6, 6.07) is 9.47. The van der Waals surface area contributed by atoms with Gasteiger partial charge in [-0.05, 0) is 30.2 Å². The van der Waals surface area contributed by atoms with Crippen molar-refractivity contribution in [3.05, 3.63) is 62.5 Å². The fourth-order valence-corrected chi connectivity index (χ4v) is 3.27. The molecular formula is C15H13ClN2OS. The Labute approximate surface area is 125 Å². The first-order valence-corrected chi connectivity index (χ1v) is 7.59. The molecule has 0 aliphatic heterocycles. The van der Waals surface area contributed by atoms with E-state index in [4.69, 9.17) is 11.6 Å². The van der Waals surface area contributed by atoms with Gasteiger partial charge in [0.05, 0.1) is 18.3 Å². The van der Waals surface area contributed by atoms with E-state index in [1.54, 1.807) is 22.2 Å². The van der Waals surface area contributed by atoms with Crippen LogP contribution in [0.4, 0.5) is 0 Å². The Kier molecular flexibility index (Phi) is 3.59. The third-order valence-corrected chi connectivity index (χ3v) is 4.58. The number of thiophene rings is 1. The Morgan fingerprint density at radius 1 is 1.35 bits per heavy atom. The van der Waals surface area contributed by atoms with Crippen LogP contribution < -0.4 is 5.56 Å². The molecule has 0 saturated heterocycles. The third kappa shape index (κ3) is 2.49. The maximum atomic E-state index is 12.4. The summed E-state index contributed by atoms with van der Waals surface area (Å²) in [5, 5.41) is 1.38. The highest BCUT2D eigenvalue weighted by atomic mass is 35.5. The summed E-state index contributed by atoms with van der Waals surface area (Å²) in [7, 11) is 0. The van der Waals surface area contributed by atoms with Crippen LogP contribution in [0, 0.1) is 0 Å². The van der Waals surface area contributed by atoms with Gasteiger partial charge in [-0.25, -0.2) is 4.98 Å². The lowest BCUT2D eigenvalue weighted by atomic mass is 10.2. The molecule has 0 saturated carbocycles. The monoisotopic (exact) mass is 304 g/mol. The van der Waals surface area contributed by atoms with E-state index in [1.807, 2.05) is 30.3 Å². The second kappa shape index (κ2) is 5.38. The van der Waals surface area contributed by atoms with Crippen LogP contribution in [0.3, 0.4) is 0 Å². The van der Waals surface area contributed by atoms with Crippen molar-refractivity contribution < 1.29 is 0 Å². The Balaban J connectivity index is 2.04. The van der Waals surface area contributed by atoms with Gasteiger partial charge in [0, 0.05) is 9.90 Å². The lowest BCUT2D eigenvalue weighted by Crippen LogP contribution is -2.20. The normalized spacial score (nSPS) is 11.1. The number of hydrogen-bond acceptors (Lipinski definition) is 3. The van der Waals surface area contributed by atoms with E-state index >= 15 is 0 Å². The average molecular weight is 305 g/mol. The number of halogens is 1. The van der Waals surface area contributed by atoms with E-state index in [1.165, 1.54) is 4.88 Å². The molecule has 0 atom stereocenters. The summed E-state index contributed by atoms with van der Waals surface area (Å²) >= 11 is 7.55. The highest BCUT2D eigenvalue weighted by Gasteiger charge is 2.08. The summed E-state index contributed by atoms with van der Waals surface area (Å²) in [5.41, 5.74) is 0.998. The molecular weight excluding hydrogens is 292 g/mol. The van der Waals surface area contributed by atoms with Crippen LogP contribution in [-0.2, 0) is 13.0 Å². The van der Waals surface area contributed by atoms with Gasteiger partial charge in [0.15, 0.2) is 0 Å². The number of aromatic nitrogens is 2. The summed E-state index contributed by atoms with van der Waals surface area (Å²) in [6.45, 7) is 2.56. The highest BCUT2D eigenvalue weighted by Crippen LogP contribution is 2.21. The van der Waals surface area contributed by atoms with Crippen LogP contribution in [0.25, 0.3) is 10.2 Å². The number of fused-ring (bicyclic) bond motifs is 1. The zero-order valence-electron chi connectivity index (χ0n) is 11.0. The van der Waals surface area contributed by atoms with Crippen LogP contribution in [0.5, 0.6) is 0 Å². The molecule has 3 nitrogen and oxygen atoms in total. The Morgan fingerprint density at radius 3 is 2.95 bits per heavy atom. The van der Waals surface area contributed by atoms with Crippen molar-refractivity contribution in [3.63, 3.8) is 0 Å². The van der Waals surface area contributed by atoms with Gasteiger partial charge in [-0.1, -0.05) is 30.7 Å². The van der Waals surface area contributed by atoms with E-state index in [-0.39, 0.29) is 5.56 Å². The minimum atomic E-state index is 0.00549. The molecule has 0 fully saturated rings. The standard InChI is InChI=1S/C15H13ClN2OS/c1-2-12-7-13-14(20-12)17-9-18(15(13)19)8-10-4-3-5-11(16)6-10/h3-7,9H,2,8H2,1H3. The van der Waals surface area contributed by atoms with E-state index in [2.05, 4.69) is 11.9 Å². The van der Waals surface area contributed by atoms with E-state index in [0.29, 0.717) is 17.0 Å². The second-order valence-electron chi connectivity index (χ2n) is 4.59. The predicted molar refractivity (Wildman–Crippen MR) is 83.8 cm³/mol. The summed E-state index contributed by atoms with van der Waals surface area (Å²) < 4.78 is 1.63. The molecule has 0 bridgehead atoms. The topological polar surface area (TPSA) is 34.9 Å². The Bertz CT molecular complexity index is 822. The minimum absolute atomic E-state index is 0.00549. The van der Waals surface area contributed by atoms with Gasteiger partial charge in [0.1, 0.15) is 4.83 Å². The number of hydrogen-bond donors (Lipinski definition) is 0. The molecule has 3 aromatic rings. The molecule has 0 amide bonds. The second-order valence-corrected chi connectivity index (χ2v) is 6.14. The lowest BCUT2D eigenvalue weighted by Gasteiger charge is -2.05. The van der Waals surface area contributed by atoms with Gasteiger partial charge < -0.3 is 0 Å². The smallest absolute Gasteiger partial charge is 0.262 e. The molecule has 1 aromatic carbocycles. The SMILES string of the molecule is CCc1cc2c(=O)n(Cc3cccc(Cl)c3)cnc2s1. The van der Waals surface area contributed by atoms with Crippen LogP contribution in [0.1, 0.15) is 17.4 Å². The Hall–Kier alpha value is -1.65. The largest absolute Gasteiger partial charge is 0.294 e. The fraction of sp³-hybridized carbons (Fsp3) is 0.200. The maximum absolute atomic E-state index is 12.4. The van der Waals surface area contributed by atoms with E-state index < -0.39 is 0 Å². The van der Waals surface area contributed by atoms with Crippen molar-refractivity contribution in [1.82, 2.24) is 9.55 Å². The first-order chi connectivity index (χ1) is 9.67. The number of nitrogens with zero attached hydrogens (tertiary/aromatic N) is 2. The number of aryl methyl sites for hydroxylation is 1.